The molecule has 0 saturated carbocycles. The lowest BCUT2D eigenvalue weighted by atomic mass is 9.95. The van der Waals surface area contributed by atoms with Gasteiger partial charge in [0.2, 0.25) is 5.82 Å². The van der Waals surface area contributed by atoms with E-state index in [0.29, 0.717) is 17.9 Å². The van der Waals surface area contributed by atoms with Gasteiger partial charge in [-0.05, 0) is 25.7 Å². The number of aromatic nitrogens is 2. The normalized spacial score (nSPS) is 28.6. The monoisotopic (exact) mass is 276 g/mol. The van der Waals surface area contributed by atoms with Crippen LogP contribution in [0.1, 0.15) is 23.2 Å². The Kier molecular flexibility index (Phi) is 3.33. The molecule has 1 aromatic heterocycles. The van der Waals surface area contributed by atoms with E-state index in [1.54, 1.807) is 0 Å². The Balaban J connectivity index is 1.90. The largest absolute Gasteiger partial charge is 0.463 e. The van der Waals surface area contributed by atoms with Gasteiger partial charge in [-0.25, -0.2) is 14.8 Å². The Bertz CT molecular complexity index is 534. The minimum atomic E-state index is -0.483. The number of esters is 1. The van der Waals surface area contributed by atoms with E-state index < -0.39 is 5.97 Å². The summed E-state index contributed by atoms with van der Waals surface area (Å²) in [5.74, 6) is 1.82. The second kappa shape index (κ2) is 5.01. The zero-order valence-corrected chi connectivity index (χ0v) is 12.1. The van der Waals surface area contributed by atoms with Gasteiger partial charge >= 0.3 is 5.97 Å². The molecule has 0 aliphatic carbocycles. The molecule has 1 aromatic rings. The fourth-order valence-corrected chi connectivity index (χ4v) is 3.35. The Morgan fingerprint density at radius 1 is 1.45 bits per heavy atom. The minimum Gasteiger partial charge on any atom is -0.463 e. The van der Waals surface area contributed by atoms with Crippen LogP contribution in [0.15, 0.2) is 6.07 Å². The predicted octanol–water partition coefficient (Wildman–Crippen LogP) is 0.616. The number of nitrogens with zero attached hydrogens (tertiary/aromatic N) is 3. The van der Waals surface area contributed by atoms with Gasteiger partial charge in [-0.3, -0.25) is 0 Å². The van der Waals surface area contributed by atoms with Gasteiger partial charge in [0.05, 0.1) is 7.11 Å². The summed E-state index contributed by atoms with van der Waals surface area (Å²) in [6, 6.07) is 2.37. The first-order valence-electron chi connectivity index (χ1n) is 7.01. The van der Waals surface area contributed by atoms with Gasteiger partial charge in [0.25, 0.3) is 0 Å². The third kappa shape index (κ3) is 2.14. The van der Waals surface area contributed by atoms with E-state index in [1.807, 2.05) is 13.0 Å². The number of aryl methyl sites for hydroxylation is 1. The summed E-state index contributed by atoms with van der Waals surface area (Å²) in [7, 11) is 1.35. The maximum atomic E-state index is 11.6. The van der Waals surface area contributed by atoms with Crippen LogP contribution in [0.25, 0.3) is 0 Å². The van der Waals surface area contributed by atoms with Crippen molar-refractivity contribution >= 4 is 11.8 Å². The fourth-order valence-electron chi connectivity index (χ4n) is 3.35. The van der Waals surface area contributed by atoms with Gasteiger partial charge in [-0.1, -0.05) is 0 Å². The first-order chi connectivity index (χ1) is 9.60. The molecule has 20 heavy (non-hydrogen) atoms. The van der Waals surface area contributed by atoms with Crippen molar-refractivity contribution in [2.24, 2.45) is 11.8 Å². The first kappa shape index (κ1) is 13.3. The molecule has 2 aliphatic rings. The molecule has 3 heterocycles. The SMILES string of the molecule is COC(=O)c1nc(C)cc(N2CC3CNCC3C2C)n1. The van der Waals surface area contributed by atoms with Crippen molar-refractivity contribution < 1.29 is 9.53 Å². The van der Waals surface area contributed by atoms with Crippen molar-refractivity contribution in [1.82, 2.24) is 15.3 Å². The predicted molar refractivity (Wildman–Crippen MR) is 74.8 cm³/mol. The fraction of sp³-hybridized carbons (Fsp3) is 0.643. The summed E-state index contributed by atoms with van der Waals surface area (Å²) >= 11 is 0. The molecular weight excluding hydrogens is 256 g/mol. The lowest BCUT2D eigenvalue weighted by Crippen LogP contribution is -2.34. The number of ether oxygens (including phenoxy) is 1. The smallest absolute Gasteiger partial charge is 0.376 e. The Hall–Kier alpha value is -1.69. The number of anilines is 1. The highest BCUT2D eigenvalue weighted by molar-refractivity contribution is 5.85. The number of methoxy groups -OCH3 is 1. The number of carbonyl (C=O) groups excluding carboxylic acids is 1. The molecule has 0 radical (unpaired) electrons. The van der Waals surface area contributed by atoms with Crippen molar-refractivity contribution in [2.75, 3.05) is 31.6 Å². The van der Waals surface area contributed by atoms with Crippen LogP contribution in [0, 0.1) is 18.8 Å². The Labute approximate surface area is 118 Å². The number of fused-ring (bicyclic) bond motifs is 1. The topological polar surface area (TPSA) is 67.3 Å². The molecule has 3 atom stereocenters. The average molecular weight is 276 g/mol. The molecule has 0 aromatic carbocycles. The van der Waals surface area contributed by atoms with Crippen LogP contribution < -0.4 is 10.2 Å². The number of rotatable bonds is 2. The van der Waals surface area contributed by atoms with Crippen molar-refractivity contribution in [3.05, 3.63) is 17.6 Å². The minimum absolute atomic E-state index is 0.143. The van der Waals surface area contributed by atoms with Crippen LogP contribution in [-0.2, 0) is 4.74 Å². The zero-order valence-electron chi connectivity index (χ0n) is 12.1. The van der Waals surface area contributed by atoms with E-state index in [1.165, 1.54) is 7.11 Å². The average Bonchev–Trinajstić information content (AvgIpc) is 3.00. The van der Waals surface area contributed by atoms with E-state index in [2.05, 4.69) is 27.1 Å². The Morgan fingerprint density at radius 3 is 2.95 bits per heavy atom. The molecule has 0 amide bonds. The molecule has 6 heteroatoms. The maximum absolute atomic E-state index is 11.6. The quantitative estimate of drug-likeness (QED) is 0.799. The number of hydrogen-bond acceptors (Lipinski definition) is 6. The summed E-state index contributed by atoms with van der Waals surface area (Å²) in [6.07, 6.45) is 0. The van der Waals surface area contributed by atoms with Crippen molar-refractivity contribution in [3.8, 4) is 0 Å². The van der Waals surface area contributed by atoms with Crippen LogP contribution in [0.5, 0.6) is 0 Å². The van der Waals surface area contributed by atoms with Crippen LogP contribution in [0.3, 0.4) is 0 Å². The molecule has 3 unspecified atom stereocenters. The third-order valence-corrected chi connectivity index (χ3v) is 4.44. The second-order valence-electron chi connectivity index (χ2n) is 5.66. The van der Waals surface area contributed by atoms with Crippen molar-refractivity contribution in [3.63, 3.8) is 0 Å². The molecule has 6 nitrogen and oxygen atoms in total. The summed E-state index contributed by atoms with van der Waals surface area (Å²) in [5, 5.41) is 3.44. The number of carbonyl (C=O) groups is 1. The van der Waals surface area contributed by atoms with Gasteiger partial charge < -0.3 is 15.0 Å². The Morgan fingerprint density at radius 2 is 2.25 bits per heavy atom. The molecule has 108 valence electrons. The van der Waals surface area contributed by atoms with E-state index in [9.17, 15) is 4.79 Å². The molecule has 2 fully saturated rings. The molecular formula is C14H20N4O2. The van der Waals surface area contributed by atoms with E-state index in [0.717, 1.165) is 31.1 Å². The summed E-state index contributed by atoms with van der Waals surface area (Å²) in [4.78, 5) is 22.5. The van der Waals surface area contributed by atoms with E-state index in [4.69, 9.17) is 4.74 Å². The van der Waals surface area contributed by atoms with Crippen LogP contribution in [-0.4, -0.2) is 48.7 Å². The van der Waals surface area contributed by atoms with Gasteiger partial charge in [0.1, 0.15) is 5.82 Å². The summed E-state index contributed by atoms with van der Waals surface area (Å²) in [5.41, 5.74) is 0.790. The van der Waals surface area contributed by atoms with Gasteiger partial charge in [-0.15, -0.1) is 0 Å². The highest BCUT2D eigenvalue weighted by Crippen LogP contribution is 2.35. The highest BCUT2D eigenvalue weighted by Gasteiger charge is 2.42. The molecule has 3 rings (SSSR count). The standard InChI is InChI=1S/C14H20N4O2/c1-8-4-12(17-13(16-8)14(19)20-3)18-7-10-5-15-6-11(10)9(18)2/h4,9-11,15H,5-7H2,1-3H3. The second-order valence-corrected chi connectivity index (χ2v) is 5.66. The molecule has 2 saturated heterocycles. The lowest BCUT2D eigenvalue weighted by Gasteiger charge is -2.25. The van der Waals surface area contributed by atoms with Crippen LogP contribution in [0.2, 0.25) is 0 Å². The van der Waals surface area contributed by atoms with Gasteiger partial charge in [0, 0.05) is 37.4 Å². The van der Waals surface area contributed by atoms with Crippen LogP contribution >= 0.6 is 0 Å². The third-order valence-electron chi connectivity index (χ3n) is 4.44. The van der Waals surface area contributed by atoms with Gasteiger partial charge in [0.15, 0.2) is 0 Å². The van der Waals surface area contributed by atoms with Crippen LogP contribution in [0.4, 0.5) is 5.82 Å². The highest BCUT2D eigenvalue weighted by atomic mass is 16.5. The zero-order chi connectivity index (χ0) is 14.3. The number of hydrogen-bond donors (Lipinski definition) is 1. The van der Waals surface area contributed by atoms with Gasteiger partial charge in [-0.2, -0.15) is 0 Å². The molecule has 0 bridgehead atoms. The lowest BCUT2D eigenvalue weighted by molar-refractivity contribution is 0.0586. The summed E-state index contributed by atoms with van der Waals surface area (Å²) < 4.78 is 4.72. The van der Waals surface area contributed by atoms with Crippen molar-refractivity contribution in [2.45, 2.75) is 19.9 Å². The molecule has 0 spiro atoms. The molecule has 1 N–H and O–H groups in total. The van der Waals surface area contributed by atoms with E-state index in [-0.39, 0.29) is 5.82 Å². The first-order valence-corrected chi connectivity index (χ1v) is 7.01. The maximum Gasteiger partial charge on any atom is 0.376 e. The number of nitrogens with one attached hydrogen (secondary N) is 1. The summed E-state index contributed by atoms with van der Waals surface area (Å²) in [6.45, 7) is 7.22. The molecule has 2 aliphatic heterocycles. The van der Waals surface area contributed by atoms with E-state index >= 15 is 0 Å². The van der Waals surface area contributed by atoms with Crippen molar-refractivity contribution in [1.29, 1.82) is 0 Å².